The number of carbonyl (C=O) groups is 3. The number of likely N-dealkylation sites (tertiary alicyclic amines) is 2. The SMILES string of the molecule is CO[C@@H](C)c1ncc(C2CCN(C3COC3)CC2)cc1-c1c2c3cc(ccc3n1CCOC1CCOCC1)-c1csc(n1)[C@@H](N1CC3(CCC3)C1)[C@H](NC(=O)C1[C@@H](C)[C@H]1C)C(=O)N1CCC[C@H](N1)C(=O)OCC(C)(C)C2. The average molecular weight is 1060 g/mol. The zero-order valence-corrected chi connectivity index (χ0v) is 46.5. The lowest BCUT2D eigenvalue weighted by atomic mass is 9.63. The normalized spacial score (nSPS) is 29.1. The summed E-state index contributed by atoms with van der Waals surface area (Å²) in [6, 6.07) is 7.50. The fourth-order valence-corrected chi connectivity index (χ4v) is 14.7. The van der Waals surface area contributed by atoms with Gasteiger partial charge in [-0.1, -0.05) is 40.2 Å². The number of cyclic esters (lactones) is 1. The summed E-state index contributed by atoms with van der Waals surface area (Å²) < 4.78 is 33.0. The second-order valence-corrected chi connectivity index (χ2v) is 25.6. The van der Waals surface area contributed by atoms with Crippen molar-refractivity contribution in [3.05, 3.63) is 57.7 Å². The number of fused-ring (bicyclic) bond motifs is 6. The monoisotopic (exact) mass is 1060 g/mol. The van der Waals surface area contributed by atoms with Crippen LogP contribution in [0.25, 0.3) is 33.4 Å². The molecule has 0 radical (unpaired) electrons. The zero-order valence-electron chi connectivity index (χ0n) is 45.7. The second kappa shape index (κ2) is 21.4. The highest BCUT2D eigenvalue weighted by Crippen LogP contribution is 2.52. The number of aromatic nitrogens is 3. The van der Waals surface area contributed by atoms with Crippen molar-refractivity contribution in [1.82, 2.24) is 40.1 Å². The largest absolute Gasteiger partial charge is 0.464 e. The van der Waals surface area contributed by atoms with Crippen LogP contribution >= 0.6 is 11.3 Å². The number of ether oxygens (including phenoxy) is 5. The molecule has 7 fully saturated rings. The Balaban J connectivity index is 0.997. The summed E-state index contributed by atoms with van der Waals surface area (Å²) in [4.78, 5) is 59.7. The maximum absolute atomic E-state index is 15.2. The number of benzene rings is 1. The van der Waals surface area contributed by atoms with Gasteiger partial charge in [0.25, 0.3) is 5.91 Å². The molecule has 410 valence electrons. The minimum atomic E-state index is -0.920. The first-order valence-electron chi connectivity index (χ1n) is 28.7. The Morgan fingerprint density at radius 2 is 1.75 bits per heavy atom. The number of pyridine rings is 1. The Bertz CT molecular complexity index is 2780. The molecule has 76 heavy (non-hydrogen) atoms. The number of hydrogen-bond donors (Lipinski definition) is 2. The van der Waals surface area contributed by atoms with Crippen molar-refractivity contribution in [2.45, 2.75) is 148 Å². The van der Waals surface area contributed by atoms with Crippen molar-refractivity contribution in [2.24, 2.45) is 28.6 Å². The van der Waals surface area contributed by atoms with Gasteiger partial charge in [0.15, 0.2) is 0 Å². The Morgan fingerprint density at radius 1 is 0.974 bits per heavy atom. The van der Waals surface area contributed by atoms with E-state index in [1.807, 2.05) is 0 Å². The predicted molar refractivity (Wildman–Crippen MR) is 290 cm³/mol. The van der Waals surface area contributed by atoms with Gasteiger partial charge < -0.3 is 33.6 Å². The van der Waals surface area contributed by atoms with Crippen LogP contribution in [-0.2, 0) is 51.0 Å². The molecule has 17 heteroatoms. The maximum Gasteiger partial charge on any atom is 0.324 e. The lowest BCUT2D eigenvalue weighted by molar-refractivity contribution is -0.157. The smallest absolute Gasteiger partial charge is 0.324 e. The fraction of sp³-hybridized carbons (Fsp3) is 0.678. The van der Waals surface area contributed by atoms with Crippen LogP contribution < -0.4 is 10.7 Å². The summed E-state index contributed by atoms with van der Waals surface area (Å²) in [5.41, 5.74) is 11.3. The van der Waals surface area contributed by atoms with Crippen LogP contribution in [0.1, 0.15) is 132 Å². The highest BCUT2D eigenvalue weighted by Gasteiger charge is 2.55. The van der Waals surface area contributed by atoms with Crippen LogP contribution in [0.5, 0.6) is 0 Å². The van der Waals surface area contributed by atoms with Crippen molar-refractivity contribution in [1.29, 1.82) is 0 Å². The van der Waals surface area contributed by atoms with E-state index in [1.54, 1.807) is 23.5 Å². The summed E-state index contributed by atoms with van der Waals surface area (Å²) in [6.45, 7) is 19.1. The van der Waals surface area contributed by atoms with E-state index in [0.29, 0.717) is 64.1 Å². The molecule has 2 saturated carbocycles. The summed E-state index contributed by atoms with van der Waals surface area (Å²) in [5, 5.41) is 8.94. The van der Waals surface area contributed by atoms with Crippen LogP contribution in [-0.4, -0.2) is 151 Å². The van der Waals surface area contributed by atoms with Gasteiger partial charge in [-0.15, -0.1) is 11.3 Å². The number of hydrazine groups is 1. The van der Waals surface area contributed by atoms with Gasteiger partial charge in [-0.2, -0.15) is 0 Å². The lowest BCUT2D eigenvalue weighted by Crippen LogP contribution is -2.67. The van der Waals surface area contributed by atoms with Gasteiger partial charge in [-0.05, 0) is 130 Å². The topological polar surface area (TPSA) is 162 Å². The molecule has 7 atom stereocenters. The number of thiazole rings is 1. The van der Waals surface area contributed by atoms with Crippen LogP contribution in [0.15, 0.2) is 35.8 Å². The zero-order chi connectivity index (χ0) is 52.5. The molecule has 3 aromatic heterocycles. The van der Waals surface area contributed by atoms with Crippen molar-refractivity contribution < 1.29 is 38.1 Å². The fourth-order valence-electron chi connectivity index (χ4n) is 13.7. The van der Waals surface area contributed by atoms with E-state index in [0.717, 1.165) is 115 Å². The number of piperidine rings is 1. The highest BCUT2D eigenvalue weighted by atomic mass is 32.1. The number of esters is 1. The maximum atomic E-state index is 15.2. The van der Waals surface area contributed by atoms with Crippen molar-refractivity contribution in [2.75, 3.05) is 79.5 Å². The van der Waals surface area contributed by atoms with Crippen LogP contribution in [0.4, 0.5) is 0 Å². The van der Waals surface area contributed by atoms with Gasteiger partial charge in [-0.3, -0.25) is 34.2 Å². The number of amides is 2. The third kappa shape index (κ3) is 10.2. The number of nitrogens with zero attached hydrogens (tertiary/aromatic N) is 6. The molecule has 5 saturated heterocycles. The van der Waals surface area contributed by atoms with Gasteiger partial charge >= 0.3 is 5.97 Å². The van der Waals surface area contributed by atoms with Crippen LogP contribution in [0.2, 0.25) is 0 Å². The summed E-state index contributed by atoms with van der Waals surface area (Å²) in [5.74, 6) is -0.0657. The van der Waals surface area contributed by atoms with Crippen molar-refractivity contribution in [3.8, 4) is 22.5 Å². The Morgan fingerprint density at radius 3 is 2.45 bits per heavy atom. The summed E-state index contributed by atoms with van der Waals surface area (Å²) in [7, 11) is 1.76. The van der Waals surface area contributed by atoms with Crippen LogP contribution in [0.3, 0.4) is 0 Å². The van der Waals surface area contributed by atoms with E-state index >= 15 is 4.79 Å². The Labute approximate surface area is 452 Å². The Hall–Kier alpha value is -4.33. The average Bonchev–Trinajstić information content (AvgIpc) is 3.75. The van der Waals surface area contributed by atoms with Crippen molar-refractivity contribution >= 4 is 40.0 Å². The van der Waals surface area contributed by atoms with Gasteiger partial charge in [0, 0.05) is 91.4 Å². The van der Waals surface area contributed by atoms with E-state index in [4.69, 9.17) is 33.7 Å². The summed E-state index contributed by atoms with van der Waals surface area (Å²) >= 11 is 1.56. The molecular weight excluding hydrogens is 981 g/mol. The molecule has 16 nitrogen and oxygen atoms in total. The van der Waals surface area contributed by atoms with E-state index in [9.17, 15) is 9.59 Å². The molecule has 2 aliphatic carbocycles. The molecule has 6 bridgehead atoms. The molecule has 8 aliphatic rings. The highest BCUT2D eigenvalue weighted by molar-refractivity contribution is 7.10. The predicted octanol–water partition coefficient (Wildman–Crippen LogP) is 7.84. The van der Waals surface area contributed by atoms with Crippen LogP contribution in [0, 0.1) is 28.6 Å². The quantitative estimate of drug-likeness (QED) is 0.132. The van der Waals surface area contributed by atoms with Gasteiger partial charge in [0.1, 0.15) is 17.1 Å². The third-order valence-corrected chi connectivity index (χ3v) is 19.9. The first-order valence-corrected chi connectivity index (χ1v) is 29.6. The summed E-state index contributed by atoms with van der Waals surface area (Å²) in [6.07, 6.45) is 11.1. The van der Waals surface area contributed by atoms with Gasteiger partial charge in [0.05, 0.1) is 67.8 Å². The lowest BCUT2D eigenvalue weighted by Gasteiger charge is -2.58. The molecule has 9 heterocycles. The molecule has 1 aromatic carbocycles. The number of rotatable bonds is 12. The third-order valence-electron chi connectivity index (χ3n) is 19.0. The molecule has 2 N–H and O–H groups in total. The van der Waals surface area contributed by atoms with E-state index < -0.39 is 23.5 Å². The first kappa shape index (κ1) is 52.4. The minimum Gasteiger partial charge on any atom is -0.464 e. The standard InChI is InChI=1S/C59H80N8O8S/c1-35-36(2)49(35)54(68)62-51-53(65-32-59(33-65)16-8-17-59)55-61-47(31-76-55)39-10-11-48-43(25-39)45(27-58(4,5)34-75-57(70)46-9-7-18-67(63-46)56(51)69)52(66(48)21-24-74-42-14-22-72-23-15-42)44-26-40(28-60-50(44)37(3)71-6)38-12-19-64(20-13-38)41-29-73-30-41/h10-11,25-26,28,31,35-38,41-42,46,49,51,53,63H,7-9,12-24,27,29-30,32-34H2,1-6H3,(H,62,68)/t35-,36+,37-,46-,49?,51-,53-/m0/s1. The minimum absolute atomic E-state index is 0.0959. The van der Waals surface area contributed by atoms with Crippen molar-refractivity contribution in [3.63, 3.8) is 0 Å². The van der Waals surface area contributed by atoms with Gasteiger partial charge in [-0.25, -0.2) is 10.4 Å². The Kier molecular flexibility index (Phi) is 14.7. The first-order chi connectivity index (χ1) is 36.8. The van der Waals surface area contributed by atoms with E-state index in [1.165, 1.54) is 24.8 Å². The van der Waals surface area contributed by atoms with Gasteiger partial charge in [0.2, 0.25) is 5.91 Å². The second-order valence-electron chi connectivity index (χ2n) is 24.7. The molecule has 4 aromatic rings. The van der Waals surface area contributed by atoms with E-state index in [-0.39, 0.29) is 59.8 Å². The molecular formula is C59H80N8O8S. The number of carbonyl (C=O) groups excluding carboxylic acids is 3. The molecule has 1 spiro atoms. The van der Waals surface area contributed by atoms with E-state index in [2.05, 4.69) is 95.6 Å². The molecule has 2 amide bonds. The molecule has 12 rings (SSSR count). The number of methoxy groups -OCH3 is 1. The number of nitrogens with one attached hydrogen (secondary N) is 2. The molecule has 6 aliphatic heterocycles. The number of hydrogen-bond acceptors (Lipinski definition) is 14. The molecule has 1 unspecified atom stereocenters.